The van der Waals surface area contributed by atoms with Crippen LogP contribution in [0.3, 0.4) is 0 Å². The van der Waals surface area contributed by atoms with Gasteiger partial charge in [0.1, 0.15) is 11.5 Å². The zero-order chi connectivity index (χ0) is 14.3. The first kappa shape index (κ1) is 12.9. The SMILES string of the molecule is OCC1(CNC2c3ccccc3Oc3ccccc32)CC1. The predicted octanol–water partition coefficient (Wildman–Crippen LogP) is 3.24. The van der Waals surface area contributed by atoms with Gasteiger partial charge in [-0.25, -0.2) is 0 Å². The molecule has 3 heteroatoms. The molecule has 0 spiro atoms. The first-order valence-corrected chi connectivity index (χ1v) is 7.51. The van der Waals surface area contributed by atoms with E-state index in [4.69, 9.17) is 4.74 Å². The smallest absolute Gasteiger partial charge is 0.132 e. The molecule has 2 aliphatic rings. The second-order valence-corrected chi connectivity index (χ2v) is 6.15. The van der Waals surface area contributed by atoms with Gasteiger partial charge in [0.25, 0.3) is 0 Å². The number of para-hydroxylation sites is 2. The molecule has 0 saturated heterocycles. The average molecular weight is 281 g/mol. The van der Waals surface area contributed by atoms with Crippen molar-refractivity contribution in [2.75, 3.05) is 13.2 Å². The molecule has 2 aromatic carbocycles. The van der Waals surface area contributed by atoms with E-state index in [1.807, 2.05) is 36.4 Å². The third-order valence-electron chi connectivity index (χ3n) is 4.65. The van der Waals surface area contributed by atoms with E-state index in [-0.39, 0.29) is 18.1 Å². The number of hydrogen-bond donors (Lipinski definition) is 2. The first-order valence-electron chi connectivity index (χ1n) is 7.51. The number of benzene rings is 2. The minimum Gasteiger partial charge on any atom is -0.457 e. The van der Waals surface area contributed by atoms with Crippen molar-refractivity contribution in [3.63, 3.8) is 0 Å². The largest absolute Gasteiger partial charge is 0.457 e. The fraction of sp³-hybridized carbons (Fsp3) is 0.333. The second kappa shape index (κ2) is 4.86. The average Bonchev–Trinajstić information content (AvgIpc) is 3.32. The molecule has 2 aromatic rings. The highest BCUT2D eigenvalue weighted by Crippen LogP contribution is 2.47. The maximum Gasteiger partial charge on any atom is 0.132 e. The molecule has 2 N–H and O–H groups in total. The van der Waals surface area contributed by atoms with Crippen molar-refractivity contribution < 1.29 is 9.84 Å². The Hall–Kier alpha value is -1.84. The molecule has 4 rings (SSSR count). The Morgan fingerprint density at radius 3 is 2.10 bits per heavy atom. The van der Waals surface area contributed by atoms with Crippen molar-refractivity contribution >= 4 is 0 Å². The van der Waals surface area contributed by atoms with Crippen molar-refractivity contribution in [3.8, 4) is 11.5 Å². The monoisotopic (exact) mass is 281 g/mol. The number of fused-ring (bicyclic) bond motifs is 2. The Morgan fingerprint density at radius 2 is 1.57 bits per heavy atom. The molecule has 0 amide bonds. The summed E-state index contributed by atoms with van der Waals surface area (Å²) in [6.07, 6.45) is 2.23. The highest BCUT2D eigenvalue weighted by molar-refractivity contribution is 5.52. The normalized spacial score (nSPS) is 18.5. The lowest BCUT2D eigenvalue weighted by atomic mass is 9.94. The topological polar surface area (TPSA) is 41.5 Å². The lowest BCUT2D eigenvalue weighted by molar-refractivity contribution is 0.205. The number of hydrogen-bond acceptors (Lipinski definition) is 3. The van der Waals surface area contributed by atoms with Gasteiger partial charge in [0.2, 0.25) is 0 Å². The van der Waals surface area contributed by atoms with E-state index in [2.05, 4.69) is 17.4 Å². The zero-order valence-corrected chi connectivity index (χ0v) is 11.9. The second-order valence-electron chi connectivity index (χ2n) is 6.15. The maximum absolute atomic E-state index is 9.51. The Morgan fingerprint density at radius 1 is 1.00 bits per heavy atom. The quantitative estimate of drug-likeness (QED) is 0.904. The van der Waals surface area contributed by atoms with Crippen LogP contribution in [0.15, 0.2) is 48.5 Å². The van der Waals surface area contributed by atoms with Gasteiger partial charge in [-0.05, 0) is 25.0 Å². The van der Waals surface area contributed by atoms with E-state index in [1.54, 1.807) is 0 Å². The summed E-state index contributed by atoms with van der Waals surface area (Å²) in [5.74, 6) is 1.84. The van der Waals surface area contributed by atoms with Crippen LogP contribution in [0.5, 0.6) is 11.5 Å². The summed E-state index contributed by atoms with van der Waals surface area (Å²) in [5.41, 5.74) is 2.44. The number of nitrogens with one attached hydrogen (secondary N) is 1. The van der Waals surface area contributed by atoms with Crippen molar-refractivity contribution in [1.82, 2.24) is 5.32 Å². The van der Waals surface area contributed by atoms with E-state index in [9.17, 15) is 5.11 Å². The lowest BCUT2D eigenvalue weighted by Gasteiger charge is -2.30. The fourth-order valence-corrected chi connectivity index (χ4v) is 3.02. The fourth-order valence-electron chi connectivity index (χ4n) is 3.02. The van der Waals surface area contributed by atoms with Gasteiger partial charge in [-0.3, -0.25) is 0 Å². The molecule has 0 radical (unpaired) electrons. The number of aliphatic hydroxyl groups is 1. The van der Waals surface area contributed by atoms with Crippen LogP contribution in [-0.2, 0) is 0 Å². The molecular weight excluding hydrogens is 262 g/mol. The van der Waals surface area contributed by atoms with Crippen molar-refractivity contribution in [2.24, 2.45) is 5.41 Å². The summed E-state index contributed by atoms with van der Waals surface area (Å²) in [5, 5.41) is 13.2. The molecular formula is C18H19NO2. The molecule has 21 heavy (non-hydrogen) atoms. The molecule has 108 valence electrons. The minimum atomic E-state index is 0.0994. The summed E-state index contributed by atoms with van der Waals surface area (Å²) >= 11 is 0. The van der Waals surface area contributed by atoms with Crippen LogP contribution in [0.4, 0.5) is 0 Å². The predicted molar refractivity (Wildman–Crippen MR) is 81.6 cm³/mol. The van der Waals surface area contributed by atoms with Gasteiger partial charge >= 0.3 is 0 Å². The van der Waals surface area contributed by atoms with Gasteiger partial charge in [-0.1, -0.05) is 36.4 Å². The third-order valence-corrected chi connectivity index (χ3v) is 4.65. The molecule has 1 heterocycles. The molecule has 1 aliphatic carbocycles. The van der Waals surface area contributed by atoms with E-state index in [1.165, 1.54) is 11.1 Å². The zero-order valence-electron chi connectivity index (χ0n) is 11.9. The van der Waals surface area contributed by atoms with Crippen LogP contribution < -0.4 is 10.1 Å². The van der Waals surface area contributed by atoms with Crippen LogP contribution in [0, 0.1) is 5.41 Å². The van der Waals surface area contributed by atoms with Crippen LogP contribution in [0.25, 0.3) is 0 Å². The highest BCUT2D eigenvalue weighted by atomic mass is 16.5. The van der Waals surface area contributed by atoms with Gasteiger partial charge in [-0.15, -0.1) is 0 Å². The highest BCUT2D eigenvalue weighted by Gasteiger charge is 2.42. The van der Waals surface area contributed by atoms with Crippen molar-refractivity contribution in [1.29, 1.82) is 0 Å². The van der Waals surface area contributed by atoms with Gasteiger partial charge in [-0.2, -0.15) is 0 Å². The standard InChI is InChI=1S/C18H19NO2/c20-12-18(9-10-18)11-19-17-13-5-1-3-7-15(13)21-16-8-4-2-6-14(16)17/h1-8,17,19-20H,9-12H2. The maximum atomic E-state index is 9.51. The van der Waals surface area contributed by atoms with Gasteiger partial charge < -0.3 is 15.2 Å². The van der Waals surface area contributed by atoms with Gasteiger partial charge in [0, 0.05) is 29.7 Å². The van der Waals surface area contributed by atoms with Crippen LogP contribution in [0.1, 0.15) is 30.0 Å². The van der Waals surface area contributed by atoms with E-state index in [0.29, 0.717) is 0 Å². The van der Waals surface area contributed by atoms with Crippen molar-refractivity contribution in [3.05, 3.63) is 59.7 Å². The molecule has 3 nitrogen and oxygen atoms in total. The van der Waals surface area contributed by atoms with Gasteiger partial charge in [0.15, 0.2) is 0 Å². The van der Waals surface area contributed by atoms with E-state index in [0.717, 1.165) is 30.9 Å². The molecule has 0 bridgehead atoms. The molecule has 1 fully saturated rings. The Balaban J connectivity index is 1.68. The van der Waals surface area contributed by atoms with Crippen LogP contribution in [-0.4, -0.2) is 18.3 Å². The third kappa shape index (κ3) is 2.23. The Bertz CT molecular complexity index is 618. The first-order chi connectivity index (χ1) is 10.3. The number of rotatable bonds is 4. The molecule has 0 aromatic heterocycles. The summed E-state index contributed by atoms with van der Waals surface area (Å²) in [6, 6.07) is 16.5. The summed E-state index contributed by atoms with van der Waals surface area (Å²) in [7, 11) is 0. The molecule has 1 aliphatic heterocycles. The number of ether oxygens (including phenoxy) is 1. The number of aliphatic hydroxyl groups excluding tert-OH is 1. The van der Waals surface area contributed by atoms with Gasteiger partial charge in [0.05, 0.1) is 6.04 Å². The Kier molecular flexibility index (Phi) is 2.98. The van der Waals surface area contributed by atoms with E-state index >= 15 is 0 Å². The summed E-state index contributed by atoms with van der Waals surface area (Å²) < 4.78 is 5.99. The summed E-state index contributed by atoms with van der Waals surface area (Å²) in [4.78, 5) is 0. The van der Waals surface area contributed by atoms with Crippen molar-refractivity contribution in [2.45, 2.75) is 18.9 Å². The van der Waals surface area contributed by atoms with Crippen LogP contribution in [0.2, 0.25) is 0 Å². The molecule has 1 saturated carbocycles. The molecule has 0 atom stereocenters. The molecule has 0 unspecified atom stereocenters. The Labute approximate surface area is 124 Å². The van der Waals surface area contributed by atoms with Crippen LogP contribution >= 0.6 is 0 Å². The lowest BCUT2D eigenvalue weighted by Crippen LogP contribution is -2.32. The van der Waals surface area contributed by atoms with E-state index < -0.39 is 0 Å². The summed E-state index contributed by atoms with van der Waals surface area (Å²) in [6.45, 7) is 1.11. The minimum absolute atomic E-state index is 0.0994.